The minimum Gasteiger partial charge on any atom is -0.356 e. The molecular weight excluding hydrogens is 296 g/mol. The van der Waals surface area contributed by atoms with Gasteiger partial charge in [-0.15, -0.1) is 0 Å². The predicted octanol–water partition coefficient (Wildman–Crippen LogP) is 0.357. The molecule has 7 heteroatoms. The summed E-state index contributed by atoms with van der Waals surface area (Å²) in [7, 11) is 0. The van der Waals surface area contributed by atoms with Crippen LogP contribution in [0, 0.1) is 5.92 Å². The number of hydrogen-bond acceptors (Lipinski definition) is 4. The first-order valence-electron chi connectivity index (χ1n) is 8.72. The van der Waals surface area contributed by atoms with Gasteiger partial charge >= 0.3 is 6.03 Å². The van der Waals surface area contributed by atoms with Crippen LogP contribution in [-0.2, 0) is 9.59 Å². The molecule has 1 spiro atoms. The highest BCUT2D eigenvalue weighted by molar-refractivity contribution is 6.07. The van der Waals surface area contributed by atoms with E-state index in [-0.39, 0.29) is 30.8 Å². The highest BCUT2D eigenvalue weighted by Crippen LogP contribution is 2.34. The van der Waals surface area contributed by atoms with Crippen molar-refractivity contribution in [3.05, 3.63) is 0 Å². The summed E-state index contributed by atoms with van der Waals surface area (Å²) in [5, 5.41) is 9.07. The fourth-order valence-electron chi connectivity index (χ4n) is 3.85. The zero-order chi connectivity index (χ0) is 16.3. The first-order chi connectivity index (χ1) is 11.1. The van der Waals surface area contributed by atoms with Gasteiger partial charge in [-0.2, -0.15) is 0 Å². The fourth-order valence-corrected chi connectivity index (χ4v) is 3.85. The Morgan fingerprint density at radius 1 is 1.26 bits per heavy atom. The smallest absolute Gasteiger partial charge is 0.325 e. The van der Waals surface area contributed by atoms with Crippen LogP contribution in [0.3, 0.4) is 0 Å². The van der Waals surface area contributed by atoms with Gasteiger partial charge in [-0.1, -0.05) is 12.8 Å². The lowest BCUT2D eigenvalue weighted by atomic mass is 9.98. The summed E-state index contributed by atoms with van der Waals surface area (Å²) in [6.07, 6.45) is 5.82. The molecule has 1 unspecified atom stereocenters. The topological polar surface area (TPSA) is 90.5 Å². The summed E-state index contributed by atoms with van der Waals surface area (Å²) in [6.45, 7) is 2.82. The van der Waals surface area contributed by atoms with Crippen molar-refractivity contribution < 1.29 is 14.4 Å². The standard InChI is InChI=1S/C16H26N4O3/c21-13(18-11-12-4-3-8-17-10-12)5-9-20-14(22)16(19-15(20)23)6-1-2-7-16/h12,17H,1-11H2,(H,18,21)(H,19,23). The monoisotopic (exact) mass is 322 g/mol. The summed E-state index contributed by atoms with van der Waals surface area (Å²) in [6, 6.07) is -0.346. The maximum atomic E-state index is 12.5. The predicted molar refractivity (Wildman–Crippen MR) is 84.7 cm³/mol. The molecule has 2 saturated heterocycles. The van der Waals surface area contributed by atoms with E-state index in [4.69, 9.17) is 0 Å². The molecule has 3 aliphatic rings. The lowest BCUT2D eigenvalue weighted by Crippen LogP contribution is -2.44. The molecule has 4 amide bonds. The van der Waals surface area contributed by atoms with E-state index in [1.54, 1.807) is 0 Å². The van der Waals surface area contributed by atoms with Crippen molar-refractivity contribution >= 4 is 17.8 Å². The normalized spacial score (nSPS) is 26.6. The molecule has 1 aliphatic carbocycles. The number of nitrogens with one attached hydrogen (secondary N) is 3. The Balaban J connectivity index is 1.43. The Morgan fingerprint density at radius 3 is 2.74 bits per heavy atom. The van der Waals surface area contributed by atoms with Gasteiger partial charge in [0, 0.05) is 19.5 Å². The molecule has 3 N–H and O–H groups in total. The Bertz CT molecular complexity index is 482. The second-order valence-corrected chi connectivity index (χ2v) is 6.94. The average molecular weight is 322 g/mol. The fraction of sp³-hybridized carbons (Fsp3) is 0.812. The molecule has 128 valence electrons. The van der Waals surface area contributed by atoms with E-state index in [0.717, 1.165) is 51.6 Å². The maximum absolute atomic E-state index is 12.5. The van der Waals surface area contributed by atoms with Crippen LogP contribution in [0.2, 0.25) is 0 Å². The van der Waals surface area contributed by atoms with Crippen LogP contribution >= 0.6 is 0 Å². The summed E-state index contributed by atoms with van der Waals surface area (Å²) in [5.74, 6) is 0.235. The number of hydrogen-bond donors (Lipinski definition) is 3. The third-order valence-corrected chi connectivity index (χ3v) is 5.25. The second-order valence-electron chi connectivity index (χ2n) is 6.94. The van der Waals surface area contributed by atoms with Gasteiger partial charge in [0.1, 0.15) is 5.54 Å². The largest absolute Gasteiger partial charge is 0.356 e. The number of piperidine rings is 1. The minimum absolute atomic E-state index is 0.0939. The number of urea groups is 1. The number of rotatable bonds is 5. The van der Waals surface area contributed by atoms with Gasteiger partial charge in [0.05, 0.1) is 0 Å². The third kappa shape index (κ3) is 3.49. The van der Waals surface area contributed by atoms with Crippen LogP contribution in [0.1, 0.15) is 44.9 Å². The summed E-state index contributed by atoms with van der Waals surface area (Å²) < 4.78 is 0. The van der Waals surface area contributed by atoms with Crippen molar-refractivity contribution in [3.8, 4) is 0 Å². The third-order valence-electron chi connectivity index (χ3n) is 5.25. The van der Waals surface area contributed by atoms with Crippen LogP contribution in [0.4, 0.5) is 4.79 Å². The average Bonchev–Trinajstić information content (AvgIpc) is 3.11. The highest BCUT2D eigenvalue weighted by Gasteiger charge is 2.52. The van der Waals surface area contributed by atoms with Crippen LogP contribution in [0.25, 0.3) is 0 Å². The summed E-state index contributed by atoms with van der Waals surface area (Å²) >= 11 is 0. The van der Waals surface area contributed by atoms with E-state index in [0.29, 0.717) is 12.5 Å². The molecule has 0 aromatic rings. The molecule has 1 saturated carbocycles. The van der Waals surface area contributed by atoms with E-state index in [9.17, 15) is 14.4 Å². The second kappa shape index (κ2) is 6.86. The van der Waals surface area contributed by atoms with Gasteiger partial charge in [-0.25, -0.2) is 4.79 Å². The Hall–Kier alpha value is -1.63. The van der Waals surface area contributed by atoms with Crippen molar-refractivity contribution in [1.29, 1.82) is 0 Å². The molecule has 1 atom stereocenters. The van der Waals surface area contributed by atoms with Gasteiger partial charge in [0.15, 0.2) is 0 Å². The Labute approximate surface area is 136 Å². The van der Waals surface area contributed by atoms with E-state index in [1.165, 1.54) is 4.90 Å². The minimum atomic E-state index is -0.679. The highest BCUT2D eigenvalue weighted by atomic mass is 16.2. The molecule has 2 heterocycles. The summed E-state index contributed by atoms with van der Waals surface area (Å²) in [5.41, 5.74) is -0.679. The quantitative estimate of drug-likeness (QED) is 0.637. The van der Waals surface area contributed by atoms with Gasteiger partial charge < -0.3 is 16.0 Å². The van der Waals surface area contributed by atoms with E-state index in [2.05, 4.69) is 16.0 Å². The van der Waals surface area contributed by atoms with Crippen LogP contribution < -0.4 is 16.0 Å². The van der Waals surface area contributed by atoms with Gasteiger partial charge in [-0.3, -0.25) is 14.5 Å². The number of carbonyl (C=O) groups is 3. The summed E-state index contributed by atoms with van der Waals surface area (Å²) in [4.78, 5) is 37.7. The zero-order valence-corrected chi connectivity index (χ0v) is 13.5. The molecule has 3 fully saturated rings. The molecule has 2 aliphatic heterocycles. The number of nitrogens with zero attached hydrogens (tertiary/aromatic N) is 1. The molecular formula is C16H26N4O3. The molecule has 0 bridgehead atoms. The maximum Gasteiger partial charge on any atom is 0.325 e. The number of amides is 4. The van der Waals surface area contributed by atoms with E-state index < -0.39 is 5.54 Å². The van der Waals surface area contributed by atoms with Crippen molar-refractivity contribution in [2.45, 2.75) is 50.5 Å². The Morgan fingerprint density at radius 2 is 2.04 bits per heavy atom. The first kappa shape index (κ1) is 16.2. The molecule has 0 aromatic heterocycles. The van der Waals surface area contributed by atoms with Gasteiger partial charge in [-0.05, 0) is 44.7 Å². The van der Waals surface area contributed by atoms with Crippen LogP contribution in [0.15, 0.2) is 0 Å². The molecule has 0 aromatic carbocycles. The molecule has 3 rings (SSSR count). The van der Waals surface area contributed by atoms with Crippen molar-refractivity contribution in [2.75, 3.05) is 26.2 Å². The Kier molecular flexibility index (Phi) is 4.84. The SMILES string of the molecule is O=C(CCN1C(=O)NC2(CCCC2)C1=O)NCC1CCCNC1. The molecule has 7 nitrogen and oxygen atoms in total. The van der Waals surface area contributed by atoms with E-state index in [1.807, 2.05) is 0 Å². The number of imide groups is 1. The van der Waals surface area contributed by atoms with Gasteiger partial charge in [0.2, 0.25) is 5.91 Å². The van der Waals surface area contributed by atoms with E-state index >= 15 is 0 Å². The van der Waals surface area contributed by atoms with Gasteiger partial charge in [0.25, 0.3) is 5.91 Å². The molecule has 23 heavy (non-hydrogen) atoms. The lowest BCUT2D eigenvalue weighted by Gasteiger charge is -2.23. The number of carbonyl (C=O) groups excluding carboxylic acids is 3. The van der Waals surface area contributed by atoms with Crippen molar-refractivity contribution in [2.24, 2.45) is 5.92 Å². The zero-order valence-electron chi connectivity index (χ0n) is 13.5. The van der Waals surface area contributed by atoms with Crippen LogP contribution in [-0.4, -0.2) is 54.5 Å². The van der Waals surface area contributed by atoms with Crippen molar-refractivity contribution in [3.63, 3.8) is 0 Å². The first-order valence-corrected chi connectivity index (χ1v) is 8.72. The molecule has 0 radical (unpaired) electrons. The van der Waals surface area contributed by atoms with Crippen LogP contribution in [0.5, 0.6) is 0 Å². The van der Waals surface area contributed by atoms with Crippen molar-refractivity contribution in [1.82, 2.24) is 20.9 Å². The lowest BCUT2D eigenvalue weighted by molar-refractivity contribution is -0.131.